The Morgan fingerprint density at radius 1 is 1.06 bits per heavy atom. The van der Waals surface area contributed by atoms with Gasteiger partial charge in [-0.3, -0.25) is 9.78 Å². The second-order valence-electron chi connectivity index (χ2n) is 7.83. The molecule has 0 aliphatic carbocycles. The standard InChI is InChI=1S/C25H29ClN4O2/c1-4-28(5-2)25(31)22-17-27-23-10-9-18(26)15-21(23)24(22)30-13-11-29(12-14-30)19-7-6-8-20(16-19)32-3/h6-10,15-17H,4-5,11-14H2,1-3H3. The zero-order valence-electron chi connectivity index (χ0n) is 18.8. The molecule has 168 valence electrons. The number of hydrogen-bond donors (Lipinski definition) is 0. The van der Waals surface area contributed by atoms with Gasteiger partial charge in [-0.15, -0.1) is 0 Å². The van der Waals surface area contributed by atoms with Crippen molar-refractivity contribution in [3.63, 3.8) is 0 Å². The lowest BCUT2D eigenvalue weighted by Crippen LogP contribution is -2.47. The van der Waals surface area contributed by atoms with Gasteiger partial charge in [0.1, 0.15) is 5.75 Å². The molecule has 6 nitrogen and oxygen atoms in total. The molecule has 0 radical (unpaired) electrons. The largest absolute Gasteiger partial charge is 0.497 e. The fourth-order valence-electron chi connectivity index (χ4n) is 4.32. The number of carbonyl (C=O) groups is 1. The monoisotopic (exact) mass is 452 g/mol. The molecule has 0 spiro atoms. The quantitative estimate of drug-likeness (QED) is 0.542. The van der Waals surface area contributed by atoms with Crippen LogP contribution in [0.25, 0.3) is 10.9 Å². The predicted octanol–water partition coefficient (Wildman–Crippen LogP) is 4.71. The fraction of sp³-hybridized carbons (Fsp3) is 0.360. The number of rotatable bonds is 6. The maximum absolute atomic E-state index is 13.4. The number of ether oxygens (including phenoxy) is 1. The van der Waals surface area contributed by atoms with Gasteiger partial charge in [0, 0.05) is 67.6 Å². The number of aromatic nitrogens is 1. The van der Waals surface area contributed by atoms with Crippen molar-refractivity contribution >= 4 is 39.8 Å². The summed E-state index contributed by atoms with van der Waals surface area (Å²) < 4.78 is 5.38. The van der Waals surface area contributed by atoms with Crippen LogP contribution in [0, 0.1) is 0 Å². The number of hydrogen-bond acceptors (Lipinski definition) is 5. The zero-order chi connectivity index (χ0) is 22.7. The number of halogens is 1. The van der Waals surface area contributed by atoms with Gasteiger partial charge in [0.05, 0.1) is 23.9 Å². The molecule has 0 unspecified atom stereocenters. The summed E-state index contributed by atoms with van der Waals surface area (Å²) >= 11 is 6.35. The van der Waals surface area contributed by atoms with Crippen molar-refractivity contribution in [3.8, 4) is 5.75 Å². The number of carbonyl (C=O) groups excluding carboxylic acids is 1. The van der Waals surface area contributed by atoms with Crippen LogP contribution in [0.2, 0.25) is 5.02 Å². The Kier molecular flexibility index (Phi) is 6.70. The summed E-state index contributed by atoms with van der Waals surface area (Å²) in [6.45, 7) is 8.59. The highest BCUT2D eigenvalue weighted by molar-refractivity contribution is 6.31. The van der Waals surface area contributed by atoms with Gasteiger partial charge in [-0.1, -0.05) is 17.7 Å². The van der Waals surface area contributed by atoms with Crippen molar-refractivity contribution in [1.29, 1.82) is 0 Å². The van der Waals surface area contributed by atoms with Gasteiger partial charge in [0.2, 0.25) is 0 Å². The summed E-state index contributed by atoms with van der Waals surface area (Å²) in [5, 5.41) is 1.56. The molecular weight excluding hydrogens is 424 g/mol. The highest BCUT2D eigenvalue weighted by Crippen LogP contribution is 2.34. The smallest absolute Gasteiger partial charge is 0.257 e. The van der Waals surface area contributed by atoms with Gasteiger partial charge < -0.3 is 19.4 Å². The van der Waals surface area contributed by atoms with Crippen molar-refractivity contribution in [2.45, 2.75) is 13.8 Å². The highest BCUT2D eigenvalue weighted by Gasteiger charge is 2.26. The lowest BCUT2D eigenvalue weighted by atomic mass is 10.1. The number of anilines is 2. The van der Waals surface area contributed by atoms with Gasteiger partial charge in [-0.2, -0.15) is 0 Å². The molecule has 1 aromatic heterocycles. The molecule has 3 aromatic rings. The van der Waals surface area contributed by atoms with E-state index in [9.17, 15) is 4.79 Å². The van der Waals surface area contributed by atoms with Gasteiger partial charge in [-0.05, 0) is 44.2 Å². The predicted molar refractivity (Wildman–Crippen MR) is 131 cm³/mol. The van der Waals surface area contributed by atoms with E-state index in [2.05, 4.69) is 26.9 Å². The van der Waals surface area contributed by atoms with Gasteiger partial charge in [0.25, 0.3) is 5.91 Å². The molecule has 32 heavy (non-hydrogen) atoms. The second kappa shape index (κ2) is 9.65. The average molecular weight is 453 g/mol. The van der Waals surface area contributed by atoms with E-state index in [0.29, 0.717) is 23.7 Å². The minimum Gasteiger partial charge on any atom is -0.497 e. The molecule has 1 aliphatic heterocycles. The average Bonchev–Trinajstić information content (AvgIpc) is 2.84. The van der Waals surface area contributed by atoms with Crippen molar-refractivity contribution in [2.75, 3.05) is 56.2 Å². The Morgan fingerprint density at radius 3 is 2.47 bits per heavy atom. The van der Waals surface area contributed by atoms with Crippen LogP contribution in [0.15, 0.2) is 48.7 Å². The number of amides is 1. The van der Waals surface area contributed by atoms with E-state index in [1.54, 1.807) is 13.3 Å². The van der Waals surface area contributed by atoms with Crippen LogP contribution in [0.5, 0.6) is 5.75 Å². The van der Waals surface area contributed by atoms with E-state index in [1.165, 1.54) is 0 Å². The van der Waals surface area contributed by atoms with E-state index in [1.807, 2.05) is 49.1 Å². The Labute approximate surface area is 194 Å². The normalized spacial score (nSPS) is 14.0. The second-order valence-corrected chi connectivity index (χ2v) is 8.27. The van der Waals surface area contributed by atoms with Crippen molar-refractivity contribution in [2.24, 2.45) is 0 Å². The van der Waals surface area contributed by atoms with Gasteiger partial charge in [0.15, 0.2) is 0 Å². The summed E-state index contributed by atoms with van der Waals surface area (Å²) in [6, 6.07) is 13.8. The number of methoxy groups -OCH3 is 1. The van der Waals surface area contributed by atoms with Crippen LogP contribution in [0.1, 0.15) is 24.2 Å². The van der Waals surface area contributed by atoms with Crippen LogP contribution in [0.4, 0.5) is 11.4 Å². The first-order valence-electron chi connectivity index (χ1n) is 11.1. The number of benzene rings is 2. The molecule has 2 aromatic carbocycles. The Hall–Kier alpha value is -2.99. The SMILES string of the molecule is CCN(CC)C(=O)c1cnc2ccc(Cl)cc2c1N1CCN(c2cccc(OC)c2)CC1. The van der Waals surface area contributed by atoms with E-state index in [4.69, 9.17) is 16.3 Å². The highest BCUT2D eigenvalue weighted by atomic mass is 35.5. The zero-order valence-corrected chi connectivity index (χ0v) is 19.6. The number of nitrogens with zero attached hydrogens (tertiary/aromatic N) is 4. The molecule has 1 saturated heterocycles. The van der Waals surface area contributed by atoms with Gasteiger partial charge >= 0.3 is 0 Å². The Balaban J connectivity index is 1.69. The first-order chi connectivity index (χ1) is 15.5. The summed E-state index contributed by atoms with van der Waals surface area (Å²) in [5.41, 5.74) is 3.56. The van der Waals surface area contributed by atoms with Crippen molar-refractivity contribution < 1.29 is 9.53 Å². The lowest BCUT2D eigenvalue weighted by Gasteiger charge is -2.38. The molecule has 1 amide bonds. The van der Waals surface area contributed by atoms with Gasteiger partial charge in [-0.25, -0.2) is 0 Å². The van der Waals surface area contributed by atoms with Crippen LogP contribution >= 0.6 is 11.6 Å². The Bertz CT molecular complexity index is 1110. The van der Waals surface area contributed by atoms with Crippen molar-refractivity contribution in [1.82, 2.24) is 9.88 Å². The first-order valence-corrected chi connectivity index (χ1v) is 11.4. The molecule has 2 heterocycles. The maximum Gasteiger partial charge on any atom is 0.257 e. The number of piperazine rings is 1. The lowest BCUT2D eigenvalue weighted by molar-refractivity contribution is 0.0773. The van der Waals surface area contributed by atoms with E-state index in [0.717, 1.165) is 54.2 Å². The third kappa shape index (κ3) is 4.32. The minimum atomic E-state index is 0.00889. The minimum absolute atomic E-state index is 0.00889. The van der Waals surface area contributed by atoms with Crippen LogP contribution in [-0.2, 0) is 0 Å². The molecule has 0 bridgehead atoms. The molecule has 0 atom stereocenters. The summed E-state index contributed by atoms with van der Waals surface area (Å²) in [7, 11) is 1.69. The molecule has 0 saturated carbocycles. The molecule has 1 aliphatic rings. The Morgan fingerprint density at radius 2 is 1.78 bits per heavy atom. The number of pyridine rings is 1. The molecule has 4 rings (SSSR count). The summed E-state index contributed by atoms with van der Waals surface area (Å²) in [6.07, 6.45) is 1.72. The summed E-state index contributed by atoms with van der Waals surface area (Å²) in [4.78, 5) is 24.4. The topological polar surface area (TPSA) is 48.9 Å². The fourth-order valence-corrected chi connectivity index (χ4v) is 4.50. The first kappa shape index (κ1) is 22.2. The van der Waals surface area contributed by atoms with E-state index >= 15 is 0 Å². The van der Waals surface area contributed by atoms with Crippen LogP contribution < -0.4 is 14.5 Å². The van der Waals surface area contributed by atoms with Crippen molar-refractivity contribution in [3.05, 3.63) is 59.2 Å². The molecule has 7 heteroatoms. The molecular formula is C25H29ClN4O2. The third-order valence-corrected chi connectivity index (χ3v) is 6.33. The maximum atomic E-state index is 13.4. The summed E-state index contributed by atoms with van der Waals surface area (Å²) in [5.74, 6) is 0.862. The third-order valence-electron chi connectivity index (χ3n) is 6.10. The van der Waals surface area contributed by atoms with E-state index < -0.39 is 0 Å². The van der Waals surface area contributed by atoms with Crippen LogP contribution in [0.3, 0.4) is 0 Å². The number of fused-ring (bicyclic) bond motifs is 1. The molecule has 0 N–H and O–H groups in total. The molecule has 1 fully saturated rings. The van der Waals surface area contributed by atoms with Crippen LogP contribution in [-0.4, -0.2) is 62.2 Å². The van der Waals surface area contributed by atoms with E-state index in [-0.39, 0.29) is 5.91 Å².